The summed E-state index contributed by atoms with van der Waals surface area (Å²) in [5, 5.41) is 11.3. The smallest absolute Gasteiger partial charge is 0.315 e. The van der Waals surface area contributed by atoms with Crippen LogP contribution in [0.25, 0.3) is 0 Å². The molecule has 2 rings (SSSR count). The molecule has 0 aromatic heterocycles. The van der Waals surface area contributed by atoms with E-state index in [-0.39, 0.29) is 40.9 Å². The van der Waals surface area contributed by atoms with E-state index in [4.69, 9.17) is 9.47 Å². The van der Waals surface area contributed by atoms with Crippen molar-refractivity contribution in [3.63, 3.8) is 0 Å². The molecule has 0 aliphatic rings. The van der Waals surface area contributed by atoms with Gasteiger partial charge in [-0.25, -0.2) is 0 Å². The number of rotatable bonds is 8. The molecule has 0 spiro atoms. The fourth-order valence-electron chi connectivity index (χ4n) is 2.15. The lowest BCUT2D eigenvalue weighted by Gasteiger charge is -2.11. The summed E-state index contributed by atoms with van der Waals surface area (Å²) < 4.78 is 38.8. The third kappa shape index (κ3) is 4.57. The number of sulfonamides is 1. The number of ether oxygens (including phenoxy) is 2. The molecule has 0 heterocycles. The molecule has 0 aliphatic carbocycles. The van der Waals surface area contributed by atoms with Crippen LogP contribution in [0.5, 0.6) is 11.5 Å². The van der Waals surface area contributed by atoms with Crippen molar-refractivity contribution in [1.82, 2.24) is 0 Å². The Balaban J connectivity index is 2.48. The second-order valence-corrected chi connectivity index (χ2v) is 6.65. The summed E-state index contributed by atoms with van der Waals surface area (Å²) in [5.74, 6) is 0.157. The van der Waals surface area contributed by atoms with Crippen LogP contribution in [0.15, 0.2) is 51.8 Å². The molecule has 0 atom stereocenters. The molecule has 2 aromatic carbocycles. The van der Waals surface area contributed by atoms with E-state index < -0.39 is 14.9 Å². The normalized spacial score (nSPS) is 11.5. The van der Waals surface area contributed by atoms with Crippen LogP contribution in [0, 0.1) is 10.1 Å². The van der Waals surface area contributed by atoms with Crippen LogP contribution in [0.2, 0.25) is 0 Å². The van der Waals surface area contributed by atoms with Gasteiger partial charge in [0.2, 0.25) is 5.75 Å². The van der Waals surface area contributed by atoms with Crippen molar-refractivity contribution in [3.05, 3.63) is 58.1 Å². The number of nitro benzene ring substituents is 1. The van der Waals surface area contributed by atoms with E-state index in [9.17, 15) is 18.5 Å². The van der Waals surface area contributed by atoms with E-state index in [2.05, 4.69) is 4.40 Å². The quantitative estimate of drug-likeness (QED) is 0.396. The first-order chi connectivity index (χ1) is 12.4. The number of benzene rings is 2. The molecule has 0 aliphatic heterocycles. The lowest BCUT2D eigenvalue weighted by atomic mass is 10.2. The molecule has 0 saturated carbocycles. The van der Waals surface area contributed by atoms with Crippen LogP contribution in [0.3, 0.4) is 0 Å². The zero-order valence-electron chi connectivity index (χ0n) is 14.3. The Morgan fingerprint density at radius 2 is 1.77 bits per heavy atom. The van der Waals surface area contributed by atoms with Gasteiger partial charge in [0.05, 0.1) is 23.0 Å². The fraction of sp³-hybridized carbons (Fsp3) is 0.235. The summed E-state index contributed by atoms with van der Waals surface area (Å²) in [4.78, 5) is 10.8. The average Bonchev–Trinajstić information content (AvgIpc) is 2.62. The third-order valence-corrected chi connectivity index (χ3v) is 4.48. The second kappa shape index (κ2) is 8.43. The predicted molar refractivity (Wildman–Crippen MR) is 96.7 cm³/mol. The largest absolute Gasteiger partial charge is 0.490 e. The zero-order valence-corrected chi connectivity index (χ0v) is 15.1. The van der Waals surface area contributed by atoms with Crippen molar-refractivity contribution in [2.45, 2.75) is 18.7 Å². The van der Waals surface area contributed by atoms with E-state index in [0.29, 0.717) is 0 Å². The number of nitro groups is 1. The maximum absolute atomic E-state index is 12.2. The van der Waals surface area contributed by atoms with Crippen LogP contribution < -0.4 is 9.47 Å². The van der Waals surface area contributed by atoms with Gasteiger partial charge >= 0.3 is 5.69 Å². The summed E-state index contributed by atoms with van der Waals surface area (Å²) in [5.41, 5.74) is -0.112. The topological polar surface area (TPSA) is 108 Å². The molecule has 0 amide bonds. The van der Waals surface area contributed by atoms with Gasteiger partial charge in [-0.05, 0) is 32.0 Å². The Morgan fingerprint density at radius 1 is 1.12 bits per heavy atom. The van der Waals surface area contributed by atoms with E-state index in [0.717, 1.165) is 6.21 Å². The zero-order chi connectivity index (χ0) is 19.2. The molecule has 0 radical (unpaired) electrons. The SMILES string of the molecule is CCOc1cc(/C=N\S(=O)(=O)c2ccccc2)cc([N+](=O)[O-])c1OCC. The molecule has 0 N–H and O–H groups in total. The first kappa shape index (κ1) is 19.4. The highest BCUT2D eigenvalue weighted by Crippen LogP contribution is 2.38. The van der Waals surface area contributed by atoms with Crippen molar-refractivity contribution < 1.29 is 22.8 Å². The van der Waals surface area contributed by atoms with Gasteiger partial charge in [0.15, 0.2) is 5.75 Å². The molecule has 26 heavy (non-hydrogen) atoms. The van der Waals surface area contributed by atoms with Crippen LogP contribution in [-0.2, 0) is 10.0 Å². The van der Waals surface area contributed by atoms with Crippen molar-refractivity contribution in [2.24, 2.45) is 4.40 Å². The van der Waals surface area contributed by atoms with Gasteiger partial charge in [-0.2, -0.15) is 12.8 Å². The Hall–Kier alpha value is -2.94. The maximum Gasteiger partial charge on any atom is 0.315 e. The highest BCUT2D eigenvalue weighted by molar-refractivity contribution is 7.90. The van der Waals surface area contributed by atoms with Crippen molar-refractivity contribution >= 4 is 21.9 Å². The van der Waals surface area contributed by atoms with Crippen molar-refractivity contribution in [2.75, 3.05) is 13.2 Å². The number of nitrogens with zero attached hydrogens (tertiary/aromatic N) is 2. The molecule has 9 heteroatoms. The first-order valence-corrected chi connectivity index (χ1v) is 9.26. The van der Waals surface area contributed by atoms with E-state index in [1.165, 1.54) is 24.3 Å². The van der Waals surface area contributed by atoms with Gasteiger partial charge in [0.25, 0.3) is 10.0 Å². The Labute approximate surface area is 151 Å². The van der Waals surface area contributed by atoms with Gasteiger partial charge in [-0.15, -0.1) is 0 Å². The van der Waals surface area contributed by atoms with Gasteiger partial charge < -0.3 is 9.47 Å². The van der Waals surface area contributed by atoms with Gasteiger partial charge in [-0.3, -0.25) is 10.1 Å². The molecular formula is C17H18N2O6S. The van der Waals surface area contributed by atoms with E-state index >= 15 is 0 Å². The van der Waals surface area contributed by atoms with E-state index in [1.807, 2.05) is 0 Å². The molecule has 0 saturated heterocycles. The van der Waals surface area contributed by atoms with Crippen LogP contribution in [0.1, 0.15) is 19.4 Å². The van der Waals surface area contributed by atoms with Crippen molar-refractivity contribution in [3.8, 4) is 11.5 Å². The maximum atomic E-state index is 12.2. The van der Waals surface area contributed by atoms with E-state index in [1.54, 1.807) is 32.0 Å². The van der Waals surface area contributed by atoms with Crippen molar-refractivity contribution in [1.29, 1.82) is 0 Å². The third-order valence-electron chi connectivity index (χ3n) is 3.22. The summed E-state index contributed by atoms with van der Waals surface area (Å²) in [6.45, 7) is 3.90. The lowest BCUT2D eigenvalue weighted by molar-refractivity contribution is -0.385. The molecular weight excluding hydrogens is 360 g/mol. The highest BCUT2D eigenvalue weighted by atomic mass is 32.2. The summed E-state index contributed by atoms with van der Waals surface area (Å²) in [6.07, 6.45) is 1.05. The summed E-state index contributed by atoms with van der Waals surface area (Å²) >= 11 is 0. The standard InChI is InChI=1S/C17H18N2O6S/c1-3-24-16-11-13(10-15(19(20)21)17(16)25-4-2)12-18-26(22,23)14-8-6-5-7-9-14/h5-12H,3-4H2,1-2H3/b18-12-. The first-order valence-electron chi connectivity index (χ1n) is 7.82. The minimum Gasteiger partial charge on any atom is -0.490 e. The van der Waals surface area contributed by atoms with Gasteiger partial charge in [0, 0.05) is 17.8 Å². The number of hydrogen-bond donors (Lipinski definition) is 0. The molecule has 0 unspecified atom stereocenters. The predicted octanol–water partition coefficient (Wildman–Crippen LogP) is 3.20. The summed E-state index contributed by atoms with van der Waals surface area (Å²) in [6, 6.07) is 10.3. The van der Waals surface area contributed by atoms with Crippen LogP contribution >= 0.6 is 0 Å². The Bertz CT molecular complexity index is 910. The molecule has 8 nitrogen and oxygen atoms in total. The highest BCUT2D eigenvalue weighted by Gasteiger charge is 2.22. The minimum absolute atomic E-state index is 0.00224. The number of hydrogen-bond acceptors (Lipinski definition) is 6. The molecule has 138 valence electrons. The van der Waals surface area contributed by atoms with Crippen LogP contribution in [-0.4, -0.2) is 32.8 Å². The second-order valence-electron chi connectivity index (χ2n) is 5.01. The van der Waals surface area contributed by atoms with Crippen LogP contribution in [0.4, 0.5) is 5.69 Å². The molecule has 0 fully saturated rings. The Morgan fingerprint density at radius 3 is 2.35 bits per heavy atom. The van der Waals surface area contributed by atoms with Gasteiger partial charge in [-0.1, -0.05) is 18.2 Å². The minimum atomic E-state index is -3.91. The fourth-order valence-corrected chi connectivity index (χ4v) is 3.04. The average molecular weight is 378 g/mol. The van der Waals surface area contributed by atoms with Gasteiger partial charge in [0.1, 0.15) is 0 Å². The molecule has 0 bridgehead atoms. The lowest BCUT2D eigenvalue weighted by Crippen LogP contribution is -2.04. The Kier molecular flexibility index (Phi) is 6.29. The monoisotopic (exact) mass is 378 g/mol. The molecule has 2 aromatic rings. The summed E-state index contributed by atoms with van der Waals surface area (Å²) in [7, 11) is -3.91.